The van der Waals surface area contributed by atoms with Crippen molar-refractivity contribution >= 4 is 11.8 Å². The molecular formula is C11H19N5O. The van der Waals surface area contributed by atoms with Crippen LogP contribution in [0.15, 0.2) is 6.07 Å². The number of nitrogens with one attached hydrogen (secondary N) is 2. The Labute approximate surface area is 101 Å². The molecule has 5 N–H and O–H groups in total. The summed E-state index contributed by atoms with van der Waals surface area (Å²) in [6.45, 7) is 2.01. The van der Waals surface area contributed by atoms with Gasteiger partial charge in [0.05, 0.1) is 12.1 Å². The van der Waals surface area contributed by atoms with Crippen molar-refractivity contribution in [2.24, 2.45) is 5.84 Å². The maximum Gasteiger partial charge on any atom is 0.239 e. The lowest BCUT2D eigenvalue weighted by Gasteiger charge is -2.28. The first-order valence-corrected chi connectivity index (χ1v) is 5.89. The van der Waals surface area contributed by atoms with Crippen molar-refractivity contribution in [1.82, 2.24) is 9.97 Å². The summed E-state index contributed by atoms with van der Waals surface area (Å²) >= 11 is 0. The highest BCUT2D eigenvalue weighted by molar-refractivity contribution is 5.44. The van der Waals surface area contributed by atoms with E-state index in [4.69, 9.17) is 5.84 Å². The minimum atomic E-state index is -0.230. The van der Waals surface area contributed by atoms with E-state index in [0.29, 0.717) is 11.8 Å². The summed E-state index contributed by atoms with van der Waals surface area (Å²) in [4.78, 5) is 8.36. The van der Waals surface area contributed by atoms with Gasteiger partial charge in [-0.15, -0.1) is 0 Å². The van der Waals surface area contributed by atoms with Gasteiger partial charge >= 0.3 is 0 Å². The number of aromatic nitrogens is 2. The number of nitrogens with zero attached hydrogens (tertiary/aromatic N) is 2. The fraction of sp³-hybridized carbons (Fsp3) is 0.636. The SMILES string of the molecule is Cc1cc(NC2(CO)CCCC2)nc(NN)n1. The molecule has 2 rings (SSSR count). The zero-order valence-corrected chi connectivity index (χ0v) is 10.0. The molecule has 0 atom stereocenters. The normalized spacial score (nSPS) is 18.1. The highest BCUT2D eigenvalue weighted by Gasteiger charge is 2.33. The molecular weight excluding hydrogens is 218 g/mol. The molecule has 1 fully saturated rings. The molecule has 0 saturated heterocycles. The number of nitrogens with two attached hydrogens (primary N) is 1. The maximum atomic E-state index is 9.53. The van der Waals surface area contributed by atoms with Gasteiger partial charge in [0.25, 0.3) is 0 Å². The Balaban J connectivity index is 2.19. The summed E-state index contributed by atoms with van der Waals surface area (Å²) in [6, 6.07) is 1.86. The number of hydrogen-bond acceptors (Lipinski definition) is 6. The van der Waals surface area contributed by atoms with Gasteiger partial charge < -0.3 is 10.4 Å². The van der Waals surface area contributed by atoms with Crippen LogP contribution in [-0.2, 0) is 0 Å². The first kappa shape index (κ1) is 12.1. The molecule has 0 unspecified atom stereocenters. The fourth-order valence-corrected chi connectivity index (χ4v) is 2.34. The Morgan fingerprint density at radius 3 is 2.71 bits per heavy atom. The zero-order chi connectivity index (χ0) is 12.3. The quantitative estimate of drug-likeness (QED) is 0.456. The largest absolute Gasteiger partial charge is 0.394 e. The van der Waals surface area contributed by atoms with Crippen LogP contribution < -0.4 is 16.6 Å². The zero-order valence-electron chi connectivity index (χ0n) is 10.0. The van der Waals surface area contributed by atoms with Gasteiger partial charge in [0, 0.05) is 11.8 Å². The van der Waals surface area contributed by atoms with Crippen molar-refractivity contribution in [3.05, 3.63) is 11.8 Å². The van der Waals surface area contributed by atoms with Crippen molar-refractivity contribution in [3.8, 4) is 0 Å². The summed E-state index contributed by atoms with van der Waals surface area (Å²) < 4.78 is 0. The second-order valence-electron chi connectivity index (χ2n) is 4.63. The molecule has 0 amide bonds. The second kappa shape index (κ2) is 4.85. The third-order valence-electron chi connectivity index (χ3n) is 3.24. The maximum absolute atomic E-state index is 9.53. The van der Waals surface area contributed by atoms with Crippen LogP contribution in [0.25, 0.3) is 0 Å². The molecule has 0 aliphatic heterocycles. The number of anilines is 2. The van der Waals surface area contributed by atoms with E-state index in [1.54, 1.807) is 0 Å². The molecule has 94 valence electrons. The highest BCUT2D eigenvalue weighted by Crippen LogP contribution is 2.32. The van der Waals surface area contributed by atoms with Gasteiger partial charge in [-0.2, -0.15) is 4.98 Å². The summed E-state index contributed by atoms with van der Waals surface area (Å²) in [6.07, 6.45) is 4.22. The fourth-order valence-electron chi connectivity index (χ4n) is 2.34. The van der Waals surface area contributed by atoms with Crippen LogP contribution in [0.1, 0.15) is 31.4 Å². The lowest BCUT2D eigenvalue weighted by molar-refractivity contribution is 0.214. The molecule has 1 heterocycles. The van der Waals surface area contributed by atoms with Gasteiger partial charge in [-0.05, 0) is 19.8 Å². The molecule has 1 aromatic rings. The van der Waals surface area contributed by atoms with Crippen LogP contribution in [0.3, 0.4) is 0 Å². The molecule has 1 aliphatic rings. The van der Waals surface area contributed by atoms with E-state index in [-0.39, 0.29) is 12.1 Å². The predicted molar refractivity (Wildman–Crippen MR) is 66.5 cm³/mol. The lowest BCUT2D eigenvalue weighted by Crippen LogP contribution is -2.39. The van der Waals surface area contributed by atoms with Crippen molar-refractivity contribution in [1.29, 1.82) is 0 Å². The second-order valence-corrected chi connectivity index (χ2v) is 4.63. The number of aliphatic hydroxyl groups excluding tert-OH is 1. The first-order chi connectivity index (χ1) is 8.17. The third kappa shape index (κ3) is 2.65. The van der Waals surface area contributed by atoms with Gasteiger partial charge in [0.15, 0.2) is 0 Å². The van der Waals surface area contributed by atoms with E-state index in [9.17, 15) is 5.11 Å². The van der Waals surface area contributed by atoms with Crippen LogP contribution in [0.4, 0.5) is 11.8 Å². The molecule has 6 heteroatoms. The van der Waals surface area contributed by atoms with Crippen molar-refractivity contribution in [2.75, 3.05) is 17.3 Å². The molecule has 17 heavy (non-hydrogen) atoms. The van der Waals surface area contributed by atoms with Gasteiger partial charge in [-0.1, -0.05) is 12.8 Å². The molecule has 6 nitrogen and oxygen atoms in total. The van der Waals surface area contributed by atoms with Crippen LogP contribution in [0, 0.1) is 6.92 Å². The van der Waals surface area contributed by atoms with E-state index in [1.165, 1.54) is 0 Å². The molecule has 1 aromatic heterocycles. The Morgan fingerprint density at radius 1 is 1.41 bits per heavy atom. The highest BCUT2D eigenvalue weighted by atomic mass is 16.3. The topological polar surface area (TPSA) is 96.1 Å². The summed E-state index contributed by atoms with van der Waals surface area (Å²) in [7, 11) is 0. The minimum absolute atomic E-state index is 0.126. The lowest BCUT2D eigenvalue weighted by atomic mass is 9.99. The average molecular weight is 237 g/mol. The Hall–Kier alpha value is -1.40. The third-order valence-corrected chi connectivity index (χ3v) is 3.24. The summed E-state index contributed by atoms with van der Waals surface area (Å²) in [5.41, 5.74) is 3.04. The molecule has 0 spiro atoms. The van der Waals surface area contributed by atoms with Crippen LogP contribution in [0.2, 0.25) is 0 Å². The number of aliphatic hydroxyl groups is 1. The number of hydrazine groups is 1. The smallest absolute Gasteiger partial charge is 0.239 e. The van der Waals surface area contributed by atoms with Gasteiger partial charge in [-0.25, -0.2) is 10.8 Å². The summed E-state index contributed by atoms with van der Waals surface area (Å²) in [5, 5.41) is 12.9. The summed E-state index contributed by atoms with van der Waals surface area (Å²) in [5.74, 6) is 6.41. The Morgan fingerprint density at radius 2 is 2.12 bits per heavy atom. The molecule has 0 bridgehead atoms. The van der Waals surface area contributed by atoms with Crippen LogP contribution in [0.5, 0.6) is 0 Å². The number of rotatable bonds is 4. The van der Waals surface area contributed by atoms with E-state index in [0.717, 1.165) is 31.4 Å². The number of nitrogen functional groups attached to an aromatic ring is 1. The van der Waals surface area contributed by atoms with Crippen LogP contribution in [-0.4, -0.2) is 27.2 Å². The molecule has 1 aliphatic carbocycles. The van der Waals surface area contributed by atoms with Crippen molar-refractivity contribution in [3.63, 3.8) is 0 Å². The van der Waals surface area contributed by atoms with E-state index in [1.807, 2.05) is 13.0 Å². The monoisotopic (exact) mass is 237 g/mol. The van der Waals surface area contributed by atoms with Crippen LogP contribution >= 0.6 is 0 Å². The predicted octanol–water partition coefficient (Wildman–Crippen LogP) is 0.788. The van der Waals surface area contributed by atoms with E-state index >= 15 is 0 Å². The van der Waals surface area contributed by atoms with Gasteiger partial charge in [0.2, 0.25) is 5.95 Å². The van der Waals surface area contributed by atoms with Gasteiger partial charge in [0.1, 0.15) is 5.82 Å². The molecule has 1 saturated carbocycles. The Kier molecular flexibility index (Phi) is 3.44. The molecule has 0 aromatic carbocycles. The standard InChI is InChI=1S/C11H19N5O/c1-8-6-9(14-10(13-8)16-12)15-11(7-17)4-2-3-5-11/h6,17H,2-5,7,12H2,1H3,(H2,13,14,15,16). The van der Waals surface area contributed by atoms with Gasteiger partial charge in [-0.3, -0.25) is 5.43 Å². The number of aryl methyl sites for hydroxylation is 1. The average Bonchev–Trinajstić information content (AvgIpc) is 2.77. The van der Waals surface area contributed by atoms with Crippen molar-refractivity contribution in [2.45, 2.75) is 38.1 Å². The first-order valence-electron chi connectivity index (χ1n) is 5.89. The molecule has 0 radical (unpaired) electrons. The van der Waals surface area contributed by atoms with E-state index in [2.05, 4.69) is 20.7 Å². The van der Waals surface area contributed by atoms with E-state index < -0.39 is 0 Å². The number of hydrogen-bond donors (Lipinski definition) is 4. The minimum Gasteiger partial charge on any atom is -0.394 e. The van der Waals surface area contributed by atoms with Crippen molar-refractivity contribution < 1.29 is 5.11 Å². The Bertz CT molecular complexity index is 389.